The Hall–Kier alpha value is -4.23. The van der Waals surface area contributed by atoms with Gasteiger partial charge in [0.25, 0.3) is 0 Å². The number of amides is 9. The van der Waals surface area contributed by atoms with Gasteiger partial charge in [0.1, 0.15) is 42.3 Å². The van der Waals surface area contributed by atoms with Crippen molar-refractivity contribution in [1.82, 2.24) is 37.2 Å². The maximum atomic E-state index is 13.6. The minimum absolute atomic E-state index is 0.0207. The molecule has 0 bridgehead atoms. The molecule has 0 aromatic heterocycles. The normalized spacial score (nSPS) is 26.1. The Morgan fingerprint density at radius 3 is 1.89 bits per heavy atom. The summed E-state index contributed by atoms with van der Waals surface area (Å²) < 4.78 is 0. The van der Waals surface area contributed by atoms with E-state index in [1.165, 1.54) is 44.3 Å². The van der Waals surface area contributed by atoms with Gasteiger partial charge < -0.3 is 70.4 Å². The number of carbonyl (C=O) groups is 9. The number of nitrogens with two attached hydrogens (primary N) is 4. The first-order valence-corrected chi connectivity index (χ1v) is 20.7. The first-order chi connectivity index (χ1) is 26.7. The van der Waals surface area contributed by atoms with Crippen molar-refractivity contribution in [2.45, 2.75) is 120 Å². The summed E-state index contributed by atoms with van der Waals surface area (Å²) in [6.45, 7) is 5.29. The van der Waals surface area contributed by atoms with Crippen molar-refractivity contribution in [2.75, 3.05) is 29.6 Å². The molecule has 0 radical (unpaired) electrons. The van der Waals surface area contributed by atoms with Gasteiger partial charge in [0.05, 0.1) is 24.7 Å². The molecule has 9 amide bonds. The standard InChI is InChI=1S/C33H59N11O11S2/c1-15(26(37)48)38-30(52)21-13-56-10-7-11-57-14-22(41-28(50)19(35)8-5-6-9-34)31(53)40-20(12-23(36)47)29(51)44-24(17(3)45)32(54)39-16(2)27(49)43-25(18(4)46)33(55)42-21/h15-22,24-25,45-46H,5-14,34-35H2,1-4H3,(H2,36,47)(H2,37,48)(H,38,52)(H,39,54)(H,40,53)(H,41,50)(H,42,55)(H,43,49)(H,44,51)/t15-,16-,17+,18+,19-,20-,21-,22-,24-,25-/m0/s1. The van der Waals surface area contributed by atoms with Crippen LogP contribution in [0.2, 0.25) is 0 Å². The van der Waals surface area contributed by atoms with Crippen LogP contribution in [0.4, 0.5) is 0 Å². The molecule has 1 aliphatic heterocycles. The molecule has 1 rings (SSSR count). The third-order valence-corrected chi connectivity index (χ3v) is 10.7. The number of hydrogen-bond acceptors (Lipinski definition) is 15. The van der Waals surface area contributed by atoms with E-state index in [9.17, 15) is 53.4 Å². The largest absolute Gasteiger partial charge is 0.391 e. The van der Waals surface area contributed by atoms with Gasteiger partial charge in [-0.3, -0.25) is 43.2 Å². The predicted octanol–water partition coefficient (Wildman–Crippen LogP) is -6.13. The molecule has 10 atom stereocenters. The van der Waals surface area contributed by atoms with E-state index < -0.39 is 120 Å². The van der Waals surface area contributed by atoms with Crippen LogP contribution in [0.5, 0.6) is 0 Å². The Kier molecular flexibility index (Phi) is 23.1. The number of carbonyl (C=O) groups excluding carboxylic acids is 9. The lowest BCUT2D eigenvalue weighted by molar-refractivity contribution is -0.137. The Bertz CT molecular complexity index is 1430. The van der Waals surface area contributed by atoms with Crippen molar-refractivity contribution in [3.63, 3.8) is 0 Å². The van der Waals surface area contributed by atoms with Crippen molar-refractivity contribution in [3.8, 4) is 0 Å². The molecule has 0 aromatic carbocycles. The van der Waals surface area contributed by atoms with E-state index in [0.717, 1.165) is 6.92 Å². The third-order valence-electron chi connectivity index (χ3n) is 8.42. The van der Waals surface area contributed by atoms with Crippen molar-refractivity contribution < 1.29 is 53.4 Å². The van der Waals surface area contributed by atoms with Crippen molar-refractivity contribution >= 4 is 76.7 Å². The van der Waals surface area contributed by atoms with Crippen LogP contribution in [0, 0.1) is 0 Å². The van der Waals surface area contributed by atoms with Crippen LogP contribution >= 0.6 is 23.5 Å². The second-order valence-corrected chi connectivity index (χ2v) is 15.9. The number of rotatable bonds is 13. The average molecular weight is 850 g/mol. The Balaban J connectivity index is 3.52. The number of hydrogen-bond donors (Lipinski definition) is 13. The number of thioether (sulfide) groups is 2. The molecule has 0 spiro atoms. The van der Waals surface area contributed by atoms with E-state index in [-0.39, 0.29) is 17.9 Å². The van der Waals surface area contributed by atoms with Gasteiger partial charge in [0, 0.05) is 11.5 Å². The van der Waals surface area contributed by atoms with Gasteiger partial charge in [0.15, 0.2) is 0 Å². The van der Waals surface area contributed by atoms with Crippen LogP contribution in [-0.4, -0.2) is 153 Å². The third kappa shape index (κ3) is 18.7. The second-order valence-electron chi connectivity index (χ2n) is 13.6. The molecule has 0 aliphatic carbocycles. The first-order valence-electron chi connectivity index (χ1n) is 18.4. The minimum atomic E-state index is -1.75. The highest BCUT2D eigenvalue weighted by atomic mass is 32.2. The predicted molar refractivity (Wildman–Crippen MR) is 211 cm³/mol. The van der Waals surface area contributed by atoms with Crippen molar-refractivity contribution in [3.05, 3.63) is 0 Å². The SMILES string of the molecule is C[C@H](NC(=O)[C@@H]1CSCCCSC[C@H](NC(=O)[C@@H](N)CCCCN)C(=O)N[C@@H](CC(N)=O)C(=O)N[C@@H]([C@@H](C)O)C(=O)N[C@@H](C)C(=O)N[C@@H]([C@@H](C)O)C(=O)N1)C(N)=O. The lowest BCUT2D eigenvalue weighted by Gasteiger charge is -2.28. The highest BCUT2D eigenvalue weighted by Crippen LogP contribution is 2.13. The fraction of sp³-hybridized carbons (Fsp3) is 0.727. The molecule has 1 fully saturated rings. The summed E-state index contributed by atoms with van der Waals surface area (Å²) in [4.78, 5) is 117. The summed E-state index contributed by atoms with van der Waals surface area (Å²) in [6, 6.07) is -11.1. The second kappa shape index (κ2) is 25.9. The van der Waals surface area contributed by atoms with E-state index in [1.54, 1.807) is 0 Å². The molecule has 57 heavy (non-hydrogen) atoms. The Morgan fingerprint density at radius 2 is 1.35 bits per heavy atom. The maximum Gasteiger partial charge on any atom is 0.245 e. The zero-order valence-corrected chi connectivity index (χ0v) is 34.2. The number of nitrogens with one attached hydrogen (secondary N) is 7. The molecule has 22 nitrogen and oxygen atoms in total. The molecule has 17 N–H and O–H groups in total. The molecule has 1 saturated heterocycles. The van der Waals surface area contributed by atoms with Crippen LogP contribution < -0.4 is 60.2 Å². The summed E-state index contributed by atoms with van der Waals surface area (Å²) >= 11 is 2.49. The van der Waals surface area contributed by atoms with Crippen LogP contribution in [0.15, 0.2) is 0 Å². The number of aliphatic hydroxyl groups excluding tert-OH is 2. The van der Waals surface area contributed by atoms with Gasteiger partial charge in [-0.2, -0.15) is 23.5 Å². The zero-order chi connectivity index (χ0) is 43.4. The smallest absolute Gasteiger partial charge is 0.245 e. The minimum Gasteiger partial charge on any atom is -0.391 e. The van der Waals surface area contributed by atoms with E-state index in [0.29, 0.717) is 37.3 Å². The molecule has 324 valence electrons. The summed E-state index contributed by atoms with van der Waals surface area (Å²) in [7, 11) is 0. The van der Waals surface area contributed by atoms with E-state index >= 15 is 0 Å². The Morgan fingerprint density at radius 1 is 0.789 bits per heavy atom. The van der Waals surface area contributed by atoms with Gasteiger partial charge in [0.2, 0.25) is 53.2 Å². The summed E-state index contributed by atoms with van der Waals surface area (Å²) in [5, 5.41) is 37.5. The molecule has 1 aliphatic rings. The number of aliphatic hydroxyl groups is 2. The number of unbranched alkanes of at least 4 members (excludes halogenated alkanes) is 1. The fourth-order valence-corrected chi connectivity index (χ4v) is 7.14. The summed E-state index contributed by atoms with van der Waals surface area (Å²) in [5.41, 5.74) is 22.2. The molecule has 0 aromatic rings. The average Bonchev–Trinajstić information content (AvgIpc) is 3.12. The Labute approximate surface area is 339 Å². The molecular weight excluding hydrogens is 791 g/mol. The molecule has 24 heteroatoms. The van der Waals surface area contributed by atoms with E-state index in [4.69, 9.17) is 22.9 Å². The topological polar surface area (TPSA) is 382 Å². The van der Waals surface area contributed by atoms with Gasteiger partial charge in [-0.15, -0.1) is 0 Å². The number of primary amides is 2. The van der Waals surface area contributed by atoms with Crippen molar-refractivity contribution in [2.24, 2.45) is 22.9 Å². The highest BCUT2D eigenvalue weighted by Gasteiger charge is 2.36. The molecule has 0 saturated carbocycles. The lowest BCUT2D eigenvalue weighted by Crippen LogP contribution is -2.62. The van der Waals surface area contributed by atoms with Crippen LogP contribution in [-0.2, 0) is 43.2 Å². The molecule has 0 unspecified atom stereocenters. The first kappa shape index (κ1) is 50.8. The quantitative estimate of drug-likeness (QED) is 0.0767. The summed E-state index contributed by atoms with van der Waals surface area (Å²) in [6.07, 6.45) is -1.90. The van der Waals surface area contributed by atoms with Gasteiger partial charge in [-0.25, -0.2) is 0 Å². The highest BCUT2D eigenvalue weighted by molar-refractivity contribution is 8.00. The van der Waals surface area contributed by atoms with Crippen LogP contribution in [0.1, 0.15) is 59.8 Å². The van der Waals surface area contributed by atoms with Crippen LogP contribution in [0.3, 0.4) is 0 Å². The molecule has 1 heterocycles. The van der Waals surface area contributed by atoms with Gasteiger partial charge in [-0.05, 0) is 65.0 Å². The zero-order valence-electron chi connectivity index (χ0n) is 32.5. The lowest BCUT2D eigenvalue weighted by atomic mass is 10.1. The van der Waals surface area contributed by atoms with E-state index in [2.05, 4.69) is 37.2 Å². The van der Waals surface area contributed by atoms with Gasteiger partial charge in [-0.1, -0.05) is 6.42 Å². The maximum absolute atomic E-state index is 13.6. The van der Waals surface area contributed by atoms with Gasteiger partial charge >= 0.3 is 0 Å². The van der Waals surface area contributed by atoms with Crippen molar-refractivity contribution in [1.29, 1.82) is 0 Å². The summed E-state index contributed by atoms with van der Waals surface area (Å²) in [5.74, 6) is -7.53. The van der Waals surface area contributed by atoms with Crippen LogP contribution in [0.25, 0.3) is 0 Å². The van der Waals surface area contributed by atoms with E-state index in [1.807, 2.05) is 0 Å². The monoisotopic (exact) mass is 849 g/mol. The fourth-order valence-electron chi connectivity index (χ4n) is 4.99. The molecular formula is C33H59N11O11S2.